The van der Waals surface area contributed by atoms with Crippen LogP contribution in [0.3, 0.4) is 0 Å². The minimum atomic E-state index is -0.0581. The molecule has 4 aromatic rings. The average molecular weight is 404 g/mol. The van der Waals surface area contributed by atoms with Gasteiger partial charge in [0.25, 0.3) is 0 Å². The molecule has 0 spiro atoms. The molecule has 2 aromatic carbocycles. The highest BCUT2D eigenvalue weighted by molar-refractivity contribution is 7.99. The third-order valence-corrected chi connectivity index (χ3v) is 5.48. The second-order valence-corrected chi connectivity index (χ2v) is 7.85. The minimum absolute atomic E-state index is 0.0581. The standard InChI is InChI=1S/C22H21N5OS/c1-3-14-27-19(15-17-10-6-4-7-11-17)24-25-22(27)29-16(2)21-23-20(26-28-21)18-12-8-5-9-13-18/h3-13,16H,1,14-15H2,2H3. The summed E-state index contributed by atoms with van der Waals surface area (Å²) in [7, 11) is 0. The van der Waals surface area contributed by atoms with E-state index in [1.807, 2.05) is 61.5 Å². The predicted molar refractivity (Wildman–Crippen MR) is 113 cm³/mol. The monoisotopic (exact) mass is 403 g/mol. The van der Waals surface area contributed by atoms with Crippen molar-refractivity contribution in [2.45, 2.75) is 30.3 Å². The first-order valence-corrected chi connectivity index (χ1v) is 10.2. The maximum absolute atomic E-state index is 5.50. The largest absolute Gasteiger partial charge is 0.338 e. The highest BCUT2D eigenvalue weighted by Crippen LogP contribution is 2.34. The van der Waals surface area contributed by atoms with E-state index in [0.29, 0.717) is 18.3 Å². The maximum Gasteiger partial charge on any atom is 0.240 e. The Kier molecular flexibility index (Phi) is 5.86. The molecule has 1 atom stereocenters. The molecule has 7 heteroatoms. The summed E-state index contributed by atoms with van der Waals surface area (Å²) >= 11 is 1.55. The number of thioether (sulfide) groups is 1. The van der Waals surface area contributed by atoms with Crippen molar-refractivity contribution in [1.29, 1.82) is 0 Å². The zero-order valence-electron chi connectivity index (χ0n) is 16.1. The Labute approximate surface area is 173 Å². The van der Waals surface area contributed by atoms with Crippen LogP contribution >= 0.6 is 11.8 Å². The molecule has 0 bridgehead atoms. The van der Waals surface area contributed by atoms with E-state index in [1.54, 1.807) is 11.8 Å². The van der Waals surface area contributed by atoms with Crippen LogP contribution in [0.5, 0.6) is 0 Å². The Morgan fingerprint density at radius 3 is 2.52 bits per heavy atom. The van der Waals surface area contributed by atoms with Gasteiger partial charge in [-0.15, -0.1) is 16.8 Å². The topological polar surface area (TPSA) is 69.6 Å². The van der Waals surface area contributed by atoms with Crippen LogP contribution < -0.4 is 0 Å². The van der Waals surface area contributed by atoms with Crippen molar-refractivity contribution in [2.75, 3.05) is 0 Å². The van der Waals surface area contributed by atoms with Gasteiger partial charge in [0.05, 0.1) is 5.25 Å². The van der Waals surface area contributed by atoms with Crippen molar-refractivity contribution >= 4 is 11.8 Å². The lowest BCUT2D eigenvalue weighted by molar-refractivity contribution is 0.380. The lowest BCUT2D eigenvalue weighted by Gasteiger charge is -2.09. The lowest BCUT2D eigenvalue weighted by Crippen LogP contribution is -2.05. The molecule has 0 radical (unpaired) electrons. The highest BCUT2D eigenvalue weighted by atomic mass is 32.2. The Hall–Kier alpha value is -3.19. The van der Waals surface area contributed by atoms with Crippen LogP contribution in [0.2, 0.25) is 0 Å². The van der Waals surface area contributed by atoms with E-state index in [9.17, 15) is 0 Å². The van der Waals surface area contributed by atoms with E-state index in [4.69, 9.17) is 4.52 Å². The van der Waals surface area contributed by atoms with Crippen LogP contribution in [0.1, 0.15) is 29.5 Å². The van der Waals surface area contributed by atoms with Crippen LogP contribution in [0, 0.1) is 0 Å². The molecule has 146 valence electrons. The quantitative estimate of drug-likeness (QED) is 0.306. The number of hydrogen-bond acceptors (Lipinski definition) is 6. The second-order valence-electron chi connectivity index (χ2n) is 6.54. The van der Waals surface area contributed by atoms with Gasteiger partial charge in [-0.1, -0.05) is 83.7 Å². The molecule has 2 aromatic heterocycles. The number of rotatable bonds is 8. The first kappa shape index (κ1) is 19.1. The molecule has 0 aliphatic carbocycles. The van der Waals surface area contributed by atoms with Crippen LogP contribution in [-0.2, 0) is 13.0 Å². The molecule has 0 saturated carbocycles. The van der Waals surface area contributed by atoms with Gasteiger partial charge in [0.2, 0.25) is 11.7 Å². The molecule has 0 aliphatic rings. The summed E-state index contributed by atoms with van der Waals surface area (Å²) in [5.74, 6) is 2.05. The van der Waals surface area contributed by atoms with E-state index in [1.165, 1.54) is 5.56 Å². The van der Waals surface area contributed by atoms with Gasteiger partial charge in [-0.25, -0.2) is 0 Å². The van der Waals surface area contributed by atoms with Crippen LogP contribution in [-0.4, -0.2) is 24.9 Å². The van der Waals surface area contributed by atoms with E-state index in [2.05, 4.69) is 43.6 Å². The van der Waals surface area contributed by atoms with Crippen molar-refractivity contribution in [3.63, 3.8) is 0 Å². The Morgan fingerprint density at radius 2 is 1.79 bits per heavy atom. The molecule has 0 saturated heterocycles. The van der Waals surface area contributed by atoms with Gasteiger partial charge in [0.15, 0.2) is 5.16 Å². The highest BCUT2D eigenvalue weighted by Gasteiger charge is 2.21. The fourth-order valence-corrected chi connectivity index (χ4v) is 3.85. The molecule has 1 unspecified atom stereocenters. The number of aromatic nitrogens is 5. The van der Waals surface area contributed by atoms with Gasteiger partial charge >= 0.3 is 0 Å². The fraction of sp³-hybridized carbons (Fsp3) is 0.182. The van der Waals surface area contributed by atoms with Gasteiger partial charge in [0.1, 0.15) is 5.82 Å². The van der Waals surface area contributed by atoms with Crippen molar-refractivity contribution < 1.29 is 4.52 Å². The number of hydrogen-bond donors (Lipinski definition) is 0. The van der Waals surface area contributed by atoms with Crippen LogP contribution in [0.4, 0.5) is 0 Å². The summed E-state index contributed by atoms with van der Waals surface area (Å²) in [6, 6.07) is 20.0. The van der Waals surface area contributed by atoms with E-state index < -0.39 is 0 Å². The molecule has 4 rings (SSSR count). The maximum atomic E-state index is 5.50. The van der Waals surface area contributed by atoms with E-state index >= 15 is 0 Å². The molecule has 0 aliphatic heterocycles. The smallest absolute Gasteiger partial charge is 0.240 e. The molecular weight excluding hydrogens is 382 g/mol. The first-order chi connectivity index (χ1) is 14.2. The third kappa shape index (κ3) is 4.46. The number of allylic oxidation sites excluding steroid dienone is 1. The zero-order valence-corrected chi connectivity index (χ0v) is 16.9. The molecule has 2 heterocycles. The van der Waals surface area contributed by atoms with Gasteiger partial charge in [-0.2, -0.15) is 4.98 Å². The van der Waals surface area contributed by atoms with Gasteiger partial charge < -0.3 is 9.09 Å². The van der Waals surface area contributed by atoms with Gasteiger partial charge in [-0.3, -0.25) is 0 Å². The van der Waals surface area contributed by atoms with Crippen molar-refractivity contribution in [2.24, 2.45) is 0 Å². The molecule has 0 amide bonds. The van der Waals surface area contributed by atoms with Crippen molar-refractivity contribution in [3.05, 3.63) is 90.6 Å². The summed E-state index contributed by atoms with van der Waals surface area (Å²) in [5, 5.41) is 13.7. The van der Waals surface area contributed by atoms with E-state index in [0.717, 1.165) is 23.0 Å². The van der Waals surface area contributed by atoms with Crippen molar-refractivity contribution in [3.8, 4) is 11.4 Å². The van der Waals surface area contributed by atoms with Crippen molar-refractivity contribution in [1.82, 2.24) is 24.9 Å². The molecule has 29 heavy (non-hydrogen) atoms. The Balaban J connectivity index is 1.53. The Bertz CT molecular complexity index is 1080. The summed E-state index contributed by atoms with van der Waals surface area (Å²) < 4.78 is 7.57. The third-order valence-electron chi connectivity index (χ3n) is 4.41. The summed E-state index contributed by atoms with van der Waals surface area (Å²) in [4.78, 5) is 4.55. The van der Waals surface area contributed by atoms with Gasteiger partial charge in [-0.05, 0) is 12.5 Å². The zero-order chi connectivity index (χ0) is 20.1. The lowest BCUT2D eigenvalue weighted by atomic mass is 10.1. The molecule has 0 N–H and O–H groups in total. The number of nitrogens with zero attached hydrogens (tertiary/aromatic N) is 5. The molecular formula is C22H21N5OS. The normalized spacial score (nSPS) is 12.0. The second kappa shape index (κ2) is 8.87. The van der Waals surface area contributed by atoms with Gasteiger partial charge in [0, 0.05) is 18.5 Å². The molecule has 6 nitrogen and oxygen atoms in total. The van der Waals surface area contributed by atoms with Crippen LogP contribution in [0.15, 0.2) is 83.0 Å². The first-order valence-electron chi connectivity index (χ1n) is 9.37. The predicted octanol–water partition coefficient (Wildman–Crippen LogP) is 4.96. The summed E-state index contributed by atoms with van der Waals surface area (Å²) in [6.45, 7) is 6.54. The van der Waals surface area contributed by atoms with E-state index in [-0.39, 0.29) is 5.25 Å². The summed E-state index contributed by atoms with van der Waals surface area (Å²) in [6.07, 6.45) is 2.57. The molecule has 0 fully saturated rings. The summed E-state index contributed by atoms with van der Waals surface area (Å²) in [5.41, 5.74) is 2.12. The minimum Gasteiger partial charge on any atom is -0.338 e. The SMILES string of the molecule is C=CCn1c(Cc2ccccc2)nnc1SC(C)c1nc(-c2ccccc2)no1. The Morgan fingerprint density at radius 1 is 1.07 bits per heavy atom. The van der Waals surface area contributed by atoms with Crippen LogP contribution in [0.25, 0.3) is 11.4 Å². The average Bonchev–Trinajstić information content (AvgIpc) is 3.39. The fourth-order valence-electron chi connectivity index (χ4n) is 2.94. The number of benzene rings is 2.